The molecule has 4 nitrogen and oxygen atoms in total. The minimum absolute atomic E-state index is 0.190. The summed E-state index contributed by atoms with van der Waals surface area (Å²) in [7, 11) is 0. The predicted molar refractivity (Wildman–Crippen MR) is 104 cm³/mol. The van der Waals surface area contributed by atoms with Crippen LogP contribution in [0, 0.1) is 0 Å². The molecular weight excluding hydrogens is 316 g/mol. The quantitative estimate of drug-likeness (QED) is 0.258. The Morgan fingerprint density at radius 1 is 0.800 bits per heavy atom. The molecule has 1 fully saturated rings. The monoisotopic (exact) mass is 358 g/mol. The number of aliphatic hydroxyl groups is 1. The number of carbonyl (C=O) groups is 1. The van der Waals surface area contributed by atoms with Crippen molar-refractivity contribution in [2.24, 2.45) is 0 Å². The van der Waals surface area contributed by atoms with Gasteiger partial charge in [0, 0.05) is 6.42 Å². The van der Waals surface area contributed by atoms with Crippen molar-refractivity contribution in [3.63, 3.8) is 0 Å². The number of carboxylic acid groups (broad SMARTS) is 1. The first kappa shape index (κ1) is 24.4. The average molecular weight is 359 g/mol. The number of unbranched alkanes of at least 4 members (excludes halogenated alkanes) is 14. The zero-order valence-electron chi connectivity index (χ0n) is 16.5. The predicted octanol–water partition coefficient (Wildman–Crippen LogP) is 5.71. The Kier molecular flexibility index (Phi) is 19.2. The number of aliphatic hydroxyl groups excluding tert-OH is 1. The lowest BCUT2D eigenvalue weighted by atomic mass is 10.0. The third-order valence-corrected chi connectivity index (χ3v) is 4.60. The minimum Gasteiger partial charge on any atom is -0.481 e. The van der Waals surface area contributed by atoms with Gasteiger partial charge in [-0.1, -0.05) is 96.8 Å². The average Bonchev–Trinajstić information content (AvgIpc) is 3.43. The van der Waals surface area contributed by atoms with E-state index < -0.39 is 5.97 Å². The van der Waals surface area contributed by atoms with Gasteiger partial charge in [0.05, 0.1) is 13.2 Å². The van der Waals surface area contributed by atoms with Crippen LogP contribution in [-0.2, 0) is 9.53 Å². The summed E-state index contributed by atoms with van der Waals surface area (Å²) in [5, 5.41) is 16.6. The molecule has 0 amide bonds. The van der Waals surface area contributed by atoms with Gasteiger partial charge in [-0.25, -0.2) is 0 Å². The van der Waals surface area contributed by atoms with Gasteiger partial charge in [0.15, 0.2) is 0 Å². The van der Waals surface area contributed by atoms with Gasteiger partial charge in [0.1, 0.15) is 6.10 Å². The second kappa shape index (κ2) is 19.7. The van der Waals surface area contributed by atoms with Crippen molar-refractivity contribution in [3.8, 4) is 0 Å². The molecule has 25 heavy (non-hydrogen) atoms. The summed E-state index contributed by atoms with van der Waals surface area (Å²) in [6, 6.07) is 0. The van der Waals surface area contributed by atoms with E-state index in [1.807, 2.05) is 0 Å². The van der Waals surface area contributed by atoms with Crippen molar-refractivity contribution < 1.29 is 19.7 Å². The Morgan fingerprint density at radius 3 is 1.40 bits per heavy atom. The minimum atomic E-state index is -0.653. The van der Waals surface area contributed by atoms with Gasteiger partial charge >= 0.3 is 5.97 Å². The summed E-state index contributed by atoms with van der Waals surface area (Å²) >= 11 is 0. The maximum Gasteiger partial charge on any atom is 0.303 e. The molecule has 1 unspecified atom stereocenters. The van der Waals surface area contributed by atoms with Crippen LogP contribution in [0.1, 0.15) is 110 Å². The number of rotatable bonds is 17. The van der Waals surface area contributed by atoms with Crippen LogP contribution in [0.15, 0.2) is 0 Å². The third-order valence-electron chi connectivity index (χ3n) is 4.60. The standard InChI is InChI=1S/C18H36O2.C3H6O2/c1-2-3-4-5-6-7-8-9-10-11-12-13-14-15-16-17-18(19)20;4-1-3-2-5-3/h2-17H2,1H3,(H,19,20);3-4H,1-2H2. The van der Waals surface area contributed by atoms with Gasteiger partial charge in [0.25, 0.3) is 0 Å². The van der Waals surface area contributed by atoms with E-state index >= 15 is 0 Å². The van der Waals surface area contributed by atoms with Crippen LogP contribution in [0.4, 0.5) is 0 Å². The normalized spacial score (nSPS) is 15.5. The Hall–Kier alpha value is -0.610. The molecule has 0 radical (unpaired) electrons. The molecule has 0 aromatic heterocycles. The first-order chi connectivity index (χ1) is 12.2. The van der Waals surface area contributed by atoms with Crippen molar-refractivity contribution in [2.45, 2.75) is 116 Å². The van der Waals surface area contributed by atoms with E-state index in [0.29, 0.717) is 6.42 Å². The van der Waals surface area contributed by atoms with Crippen LogP contribution < -0.4 is 0 Å². The number of carboxylic acids is 1. The van der Waals surface area contributed by atoms with Crippen molar-refractivity contribution >= 4 is 5.97 Å². The fourth-order valence-corrected chi connectivity index (χ4v) is 2.82. The van der Waals surface area contributed by atoms with E-state index in [-0.39, 0.29) is 12.7 Å². The molecule has 0 spiro atoms. The molecule has 0 aliphatic carbocycles. The number of ether oxygens (including phenoxy) is 1. The lowest BCUT2D eigenvalue weighted by Gasteiger charge is -2.03. The summed E-state index contributed by atoms with van der Waals surface area (Å²) in [6.07, 6.45) is 20.4. The zero-order valence-corrected chi connectivity index (χ0v) is 16.5. The van der Waals surface area contributed by atoms with Crippen molar-refractivity contribution in [1.29, 1.82) is 0 Å². The van der Waals surface area contributed by atoms with E-state index in [1.165, 1.54) is 83.5 Å². The largest absolute Gasteiger partial charge is 0.481 e. The van der Waals surface area contributed by atoms with Gasteiger partial charge in [-0.15, -0.1) is 0 Å². The van der Waals surface area contributed by atoms with Gasteiger partial charge in [-0.2, -0.15) is 0 Å². The summed E-state index contributed by atoms with van der Waals surface area (Å²) in [5.41, 5.74) is 0. The summed E-state index contributed by atoms with van der Waals surface area (Å²) < 4.78 is 4.61. The van der Waals surface area contributed by atoms with Crippen LogP contribution in [0.25, 0.3) is 0 Å². The van der Waals surface area contributed by atoms with Crippen molar-refractivity contribution in [1.82, 2.24) is 0 Å². The van der Waals surface area contributed by atoms with Crippen LogP contribution in [0.2, 0.25) is 0 Å². The van der Waals surface area contributed by atoms with Crippen LogP contribution in [0.5, 0.6) is 0 Å². The SMILES string of the molecule is CCCCCCCCCCCCCCCCCC(=O)O.OCC1CO1. The van der Waals surface area contributed by atoms with Gasteiger partial charge in [-0.05, 0) is 6.42 Å². The van der Waals surface area contributed by atoms with E-state index in [0.717, 1.165) is 19.4 Å². The molecule has 1 aliphatic rings. The fraction of sp³-hybridized carbons (Fsp3) is 0.952. The summed E-state index contributed by atoms with van der Waals surface area (Å²) in [6.45, 7) is 3.22. The molecular formula is C21H42O4. The molecule has 1 rings (SSSR count). The number of epoxide rings is 1. The Balaban J connectivity index is 0.000000972. The highest BCUT2D eigenvalue weighted by atomic mass is 16.6. The van der Waals surface area contributed by atoms with Crippen molar-refractivity contribution in [3.05, 3.63) is 0 Å². The zero-order chi connectivity index (χ0) is 18.6. The molecule has 1 heterocycles. The molecule has 1 atom stereocenters. The highest BCUT2D eigenvalue weighted by Crippen LogP contribution is 2.13. The van der Waals surface area contributed by atoms with Gasteiger partial charge in [-0.3, -0.25) is 4.79 Å². The third kappa shape index (κ3) is 23.4. The molecule has 150 valence electrons. The molecule has 0 bridgehead atoms. The highest BCUT2D eigenvalue weighted by molar-refractivity contribution is 5.66. The van der Waals surface area contributed by atoms with Crippen LogP contribution in [0.3, 0.4) is 0 Å². The number of hydrogen-bond donors (Lipinski definition) is 2. The molecule has 0 aromatic carbocycles. The summed E-state index contributed by atoms with van der Waals surface area (Å²) in [5.74, 6) is -0.653. The molecule has 1 saturated heterocycles. The fourth-order valence-electron chi connectivity index (χ4n) is 2.82. The molecule has 0 aromatic rings. The van der Waals surface area contributed by atoms with Gasteiger partial charge < -0.3 is 14.9 Å². The van der Waals surface area contributed by atoms with E-state index in [9.17, 15) is 4.79 Å². The second-order valence-corrected chi connectivity index (χ2v) is 7.23. The first-order valence-corrected chi connectivity index (χ1v) is 10.6. The second-order valence-electron chi connectivity index (χ2n) is 7.23. The number of aliphatic carboxylic acids is 1. The van der Waals surface area contributed by atoms with Gasteiger partial charge in [0.2, 0.25) is 0 Å². The van der Waals surface area contributed by atoms with Crippen molar-refractivity contribution in [2.75, 3.05) is 13.2 Å². The number of hydrogen-bond acceptors (Lipinski definition) is 3. The summed E-state index contributed by atoms with van der Waals surface area (Å²) in [4.78, 5) is 10.3. The van der Waals surface area contributed by atoms with Crippen LogP contribution >= 0.6 is 0 Å². The first-order valence-electron chi connectivity index (χ1n) is 10.6. The highest BCUT2D eigenvalue weighted by Gasteiger charge is 2.19. The topological polar surface area (TPSA) is 70.1 Å². The lowest BCUT2D eigenvalue weighted by Crippen LogP contribution is -1.93. The Labute approximate surface area is 155 Å². The molecule has 1 aliphatic heterocycles. The maximum atomic E-state index is 10.3. The molecule has 2 N–H and O–H groups in total. The lowest BCUT2D eigenvalue weighted by molar-refractivity contribution is -0.137. The molecule has 4 heteroatoms. The molecule has 0 saturated carbocycles. The van der Waals surface area contributed by atoms with E-state index in [2.05, 4.69) is 11.7 Å². The van der Waals surface area contributed by atoms with E-state index in [4.69, 9.17) is 10.2 Å². The Bertz CT molecular complexity index is 277. The Morgan fingerprint density at radius 2 is 1.16 bits per heavy atom. The van der Waals surface area contributed by atoms with E-state index in [1.54, 1.807) is 0 Å². The smallest absolute Gasteiger partial charge is 0.303 e. The maximum absolute atomic E-state index is 10.3. The van der Waals surface area contributed by atoms with Crippen LogP contribution in [-0.4, -0.2) is 35.5 Å².